The van der Waals surface area contributed by atoms with Crippen molar-refractivity contribution < 1.29 is 13.9 Å². The van der Waals surface area contributed by atoms with Crippen LogP contribution in [0.15, 0.2) is 48.5 Å². The molecule has 2 heterocycles. The number of nitrogens with two attached hydrogens (primary N) is 1. The molecular formula is C23H26ClFN4O2. The van der Waals surface area contributed by atoms with Gasteiger partial charge in [-0.05, 0) is 55.3 Å². The second-order valence-corrected chi connectivity index (χ2v) is 7.45. The summed E-state index contributed by atoms with van der Waals surface area (Å²) in [4.78, 5) is 15.6. The minimum atomic E-state index is -0.347. The van der Waals surface area contributed by atoms with Crippen LogP contribution in [0.25, 0.3) is 11.3 Å². The predicted molar refractivity (Wildman–Crippen MR) is 121 cm³/mol. The number of nitrogens with one attached hydrogen (secondary N) is 1. The van der Waals surface area contributed by atoms with E-state index >= 15 is 0 Å². The molecule has 1 fully saturated rings. The van der Waals surface area contributed by atoms with Crippen molar-refractivity contribution >= 4 is 24.0 Å². The lowest BCUT2D eigenvalue weighted by Crippen LogP contribution is -2.36. The number of ether oxygens (including phenoxy) is 1. The lowest BCUT2D eigenvalue weighted by molar-refractivity contribution is 0.0374. The molecule has 0 aliphatic carbocycles. The van der Waals surface area contributed by atoms with E-state index in [2.05, 4.69) is 15.1 Å². The van der Waals surface area contributed by atoms with Crippen LogP contribution in [0.2, 0.25) is 0 Å². The van der Waals surface area contributed by atoms with Gasteiger partial charge >= 0.3 is 0 Å². The third kappa shape index (κ3) is 5.50. The summed E-state index contributed by atoms with van der Waals surface area (Å²) in [5, 5.41) is 6.86. The molecule has 164 valence electrons. The van der Waals surface area contributed by atoms with Gasteiger partial charge in [0.05, 0.1) is 18.8 Å². The zero-order chi connectivity index (χ0) is 20.9. The molecule has 2 aromatic carbocycles. The van der Waals surface area contributed by atoms with Crippen molar-refractivity contribution in [3.63, 3.8) is 0 Å². The van der Waals surface area contributed by atoms with Crippen molar-refractivity contribution in [3.05, 3.63) is 71.0 Å². The molecule has 4 rings (SSSR count). The van der Waals surface area contributed by atoms with Crippen molar-refractivity contribution in [2.75, 3.05) is 38.6 Å². The first kappa shape index (κ1) is 22.9. The minimum absolute atomic E-state index is 0. The number of benzene rings is 2. The Kier molecular flexibility index (Phi) is 7.79. The van der Waals surface area contributed by atoms with Crippen LogP contribution in [0.3, 0.4) is 0 Å². The molecule has 0 saturated carbocycles. The number of aromatic nitrogens is 2. The van der Waals surface area contributed by atoms with E-state index in [1.54, 1.807) is 18.2 Å². The zero-order valence-corrected chi connectivity index (χ0v) is 18.0. The summed E-state index contributed by atoms with van der Waals surface area (Å²) in [5.41, 5.74) is 9.07. The number of nitrogens with zero attached hydrogens (tertiary/aromatic N) is 2. The van der Waals surface area contributed by atoms with Crippen LogP contribution in [0.5, 0.6) is 0 Å². The molecule has 3 N–H and O–H groups in total. The number of aryl methyl sites for hydroxylation is 1. The summed E-state index contributed by atoms with van der Waals surface area (Å²) in [6.07, 6.45) is 1.91. The van der Waals surface area contributed by atoms with Crippen LogP contribution < -0.4 is 5.73 Å². The molecule has 0 radical (unpaired) electrons. The molecule has 0 amide bonds. The number of H-pyrrole nitrogens is 1. The fraction of sp³-hybridized carbons (Fsp3) is 0.304. The summed E-state index contributed by atoms with van der Waals surface area (Å²) in [7, 11) is 0. The second-order valence-electron chi connectivity index (χ2n) is 7.45. The first-order valence-corrected chi connectivity index (χ1v) is 10.2. The Bertz CT molecular complexity index is 1020. The number of carbonyl (C=O) groups is 1. The number of carbonyl (C=O) groups excluding carboxylic acids is 1. The molecule has 0 bridgehead atoms. The van der Waals surface area contributed by atoms with Crippen LogP contribution in [0, 0.1) is 5.82 Å². The molecule has 0 unspecified atom stereocenters. The molecule has 0 atom stereocenters. The maximum absolute atomic E-state index is 13.3. The standard InChI is InChI=1S/C23H25FN4O2.ClH/c24-19-8-6-17(7-9-19)21-20(23(25)27-26-21)22(29)18-5-1-3-16(15-18)4-2-10-28-11-13-30-14-12-28;/h1,3,5-9,15H,2,4,10-14H2,(H3,25,26,27);1H. The lowest BCUT2D eigenvalue weighted by atomic mass is 9.97. The monoisotopic (exact) mass is 444 g/mol. The van der Waals surface area contributed by atoms with Gasteiger partial charge in [-0.2, -0.15) is 5.10 Å². The Morgan fingerprint density at radius 2 is 1.90 bits per heavy atom. The average molecular weight is 445 g/mol. The lowest BCUT2D eigenvalue weighted by Gasteiger charge is -2.26. The maximum Gasteiger partial charge on any atom is 0.199 e. The van der Waals surface area contributed by atoms with E-state index in [0.717, 1.165) is 51.3 Å². The van der Waals surface area contributed by atoms with E-state index < -0.39 is 0 Å². The second kappa shape index (κ2) is 10.5. The minimum Gasteiger partial charge on any atom is -0.383 e. The molecule has 1 aliphatic rings. The van der Waals surface area contributed by atoms with E-state index in [4.69, 9.17) is 10.5 Å². The number of halogens is 2. The molecule has 1 saturated heterocycles. The Morgan fingerprint density at radius 1 is 1.16 bits per heavy atom. The van der Waals surface area contributed by atoms with Gasteiger partial charge < -0.3 is 10.5 Å². The highest BCUT2D eigenvalue weighted by Gasteiger charge is 2.22. The molecule has 1 aromatic heterocycles. The molecule has 31 heavy (non-hydrogen) atoms. The van der Waals surface area contributed by atoms with Crippen LogP contribution in [-0.4, -0.2) is 53.7 Å². The molecule has 1 aliphatic heterocycles. The largest absolute Gasteiger partial charge is 0.383 e. The summed E-state index contributed by atoms with van der Waals surface area (Å²) in [6.45, 7) is 4.57. The predicted octanol–water partition coefficient (Wildman–Crippen LogP) is 3.72. The van der Waals surface area contributed by atoms with Crippen molar-refractivity contribution in [1.82, 2.24) is 15.1 Å². The number of anilines is 1. The third-order valence-electron chi connectivity index (χ3n) is 5.37. The fourth-order valence-electron chi connectivity index (χ4n) is 3.75. The van der Waals surface area contributed by atoms with E-state index in [1.165, 1.54) is 12.1 Å². The van der Waals surface area contributed by atoms with Crippen LogP contribution >= 0.6 is 12.4 Å². The molecule has 6 nitrogen and oxygen atoms in total. The van der Waals surface area contributed by atoms with Crippen molar-refractivity contribution in [1.29, 1.82) is 0 Å². The number of aromatic amines is 1. The van der Waals surface area contributed by atoms with Gasteiger partial charge in [0.25, 0.3) is 0 Å². The summed E-state index contributed by atoms with van der Waals surface area (Å²) >= 11 is 0. The van der Waals surface area contributed by atoms with Gasteiger partial charge in [0.15, 0.2) is 5.78 Å². The van der Waals surface area contributed by atoms with Gasteiger partial charge in [0.2, 0.25) is 0 Å². The number of morpholine rings is 1. The first-order chi connectivity index (χ1) is 14.6. The Morgan fingerprint density at radius 3 is 2.65 bits per heavy atom. The Hall–Kier alpha value is -2.74. The first-order valence-electron chi connectivity index (χ1n) is 10.2. The van der Waals surface area contributed by atoms with E-state index in [0.29, 0.717) is 22.4 Å². The number of rotatable bonds is 7. The number of ketones is 1. The number of hydrogen-bond acceptors (Lipinski definition) is 5. The summed E-state index contributed by atoms with van der Waals surface area (Å²) in [5.74, 6) is -0.340. The van der Waals surface area contributed by atoms with Gasteiger partial charge in [-0.15, -0.1) is 12.4 Å². The van der Waals surface area contributed by atoms with Crippen molar-refractivity contribution in [3.8, 4) is 11.3 Å². The average Bonchev–Trinajstić information content (AvgIpc) is 3.16. The fourth-order valence-corrected chi connectivity index (χ4v) is 3.75. The van der Waals surface area contributed by atoms with Crippen LogP contribution in [0.1, 0.15) is 27.9 Å². The summed E-state index contributed by atoms with van der Waals surface area (Å²) in [6, 6.07) is 13.5. The maximum atomic E-state index is 13.3. The third-order valence-corrected chi connectivity index (χ3v) is 5.37. The highest BCUT2D eigenvalue weighted by molar-refractivity contribution is 6.15. The molecule has 0 spiro atoms. The summed E-state index contributed by atoms with van der Waals surface area (Å²) < 4.78 is 18.7. The Labute approximate surface area is 187 Å². The van der Waals surface area contributed by atoms with Gasteiger partial charge in [-0.25, -0.2) is 4.39 Å². The molecule has 3 aromatic rings. The SMILES string of the molecule is Cl.Nc1[nH]nc(-c2ccc(F)cc2)c1C(=O)c1cccc(CCCN2CCOCC2)c1. The van der Waals surface area contributed by atoms with Crippen molar-refractivity contribution in [2.45, 2.75) is 12.8 Å². The Balaban J connectivity index is 0.00000272. The molecular weight excluding hydrogens is 419 g/mol. The van der Waals surface area contributed by atoms with Gasteiger partial charge in [-0.1, -0.05) is 18.2 Å². The van der Waals surface area contributed by atoms with Gasteiger partial charge in [0, 0.05) is 24.2 Å². The number of hydrogen-bond donors (Lipinski definition) is 2. The highest BCUT2D eigenvalue weighted by atomic mass is 35.5. The molecule has 8 heteroatoms. The smallest absolute Gasteiger partial charge is 0.199 e. The normalized spacial score (nSPS) is 14.2. The van der Waals surface area contributed by atoms with Crippen LogP contribution in [0.4, 0.5) is 10.2 Å². The van der Waals surface area contributed by atoms with E-state index in [1.807, 2.05) is 18.2 Å². The number of nitrogen functional groups attached to an aromatic ring is 1. The quantitative estimate of drug-likeness (QED) is 0.542. The topological polar surface area (TPSA) is 84.2 Å². The van der Waals surface area contributed by atoms with E-state index in [-0.39, 0.29) is 29.8 Å². The van der Waals surface area contributed by atoms with Gasteiger partial charge in [-0.3, -0.25) is 14.8 Å². The zero-order valence-electron chi connectivity index (χ0n) is 17.1. The highest BCUT2D eigenvalue weighted by Crippen LogP contribution is 2.28. The van der Waals surface area contributed by atoms with E-state index in [9.17, 15) is 9.18 Å². The van der Waals surface area contributed by atoms with Crippen molar-refractivity contribution in [2.24, 2.45) is 0 Å². The van der Waals surface area contributed by atoms with Crippen LogP contribution in [-0.2, 0) is 11.2 Å². The van der Waals surface area contributed by atoms with Gasteiger partial charge in [0.1, 0.15) is 17.3 Å².